The molecule has 0 amide bonds. The monoisotopic (exact) mass is 266 g/mol. The molecule has 1 fully saturated rings. The maximum atomic E-state index is 5.77. The molecule has 19 heavy (non-hydrogen) atoms. The maximum Gasteiger partial charge on any atom is 0.0808 e. The van der Waals surface area contributed by atoms with E-state index in [1.165, 1.54) is 32.1 Å². The van der Waals surface area contributed by atoms with Crippen LogP contribution in [0.2, 0.25) is 0 Å². The van der Waals surface area contributed by atoms with E-state index >= 15 is 0 Å². The van der Waals surface area contributed by atoms with Gasteiger partial charge >= 0.3 is 0 Å². The lowest BCUT2D eigenvalue weighted by Gasteiger charge is -2.34. The van der Waals surface area contributed by atoms with Gasteiger partial charge in [-0.1, -0.05) is 19.3 Å². The van der Waals surface area contributed by atoms with Crippen LogP contribution in [0.15, 0.2) is 12.4 Å². The van der Waals surface area contributed by atoms with Crippen molar-refractivity contribution in [3.05, 3.63) is 18.0 Å². The van der Waals surface area contributed by atoms with Crippen molar-refractivity contribution < 1.29 is 4.74 Å². The molecule has 0 saturated heterocycles. The van der Waals surface area contributed by atoms with Gasteiger partial charge < -0.3 is 4.74 Å². The fourth-order valence-electron chi connectivity index (χ4n) is 3.16. The van der Waals surface area contributed by atoms with E-state index in [0.717, 1.165) is 12.1 Å². The standard InChI is InChI=1S/C14H26N4O/c1-3-18-10-12(9-16-18)13(17-15)14(19-2)11-7-5-4-6-8-11/h9-11,13-14,17H,3-8,15H2,1-2H3. The van der Waals surface area contributed by atoms with Gasteiger partial charge in [-0.15, -0.1) is 0 Å². The summed E-state index contributed by atoms with van der Waals surface area (Å²) >= 11 is 0. The first-order chi connectivity index (χ1) is 9.30. The van der Waals surface area contributed by atoms with E-state index < -0.39 is 0 Å². The average molecular weight is 266 g/mol. The molecular weight excluding hydrogens is 240 g/mol. The molecule has 108 valence electrons. The number of hydrazine groups is 1. The topological polar surface area (TPSA) is 65.1 Å². The number of ether oxygens (including phenoxy) is 1. The van der Waals surface area contributed by atoms with Gasteiger partial charge in [-0.2, -0.15) is 5.10 Å². The zero-order valence-corrected chi connectivity index (χ0v) is 12.0. The molecule has 0 bridgehead atoms. The molecule has 5 heteroatoms. The van der Waals surface area contributed by atoms with Crippen molar-refractivity contribution in [2.75, 3.05) is 7.11 Å². The van der Waals surface area contributed by atoms with Crippen molar-refractivity contribution in [1.82, 2.24) is 15.2 Å². The molecule has 2 rings (SSSR count). The van der Waals surface area contributed by atoms with Crippen LogP contribution < -0.4 is 11.3 Å². The van der Waals surface area contributed by atoms with Crippen molar-refractivity contribution in [2.45, 2.75) is 57.7 Å². The molecule has 0 radical (unpaired) electrons. The Morgan fingerprint density at radius 3 is 2.74 bits per heavy atom. The Bertz CT molecular complexity index is 373. The van der Waals surface area contributed by atoms with Crippen LogP contribution in [0.4, 0.5) is 0 Å². The third-order valence-corrected chi connectivity index (χ3v) is 4.23. The Morgan fingerprint density at radius 1 is 1.47 bits per heavy atom. The Hall–Kier alpha value is -0.910. The van der Waals surface area contributed by atoms with E-state index in [4.69, 9.17) is 10.6 Å². The number of hydrogen-bond acceptors (Lipinski definition) is 4. The molecule has 1 aliphatic rings. The highest BCUT2D eigenvalue weighted by Gasteiger charge is 2.31. The highest BCUT2D eigenvalue weighted by atomic mass is 16.5. The summed E-state index contributed by atoms with van der Waals surface area (Å²) in [6, 6.07) is 0.0217. The third-order valence-electron chi connectivity index (χ3n) is 4.23. The van der Waals surface area contributed by atoms with Gasteiger partial charge in [-0.05, 0) is 25.7 Å². The molecule has 1 aromatic heterocycles. The SMILES string of the molecule is CCn1cc(C(NN)C(OC)C2CCCCC2)cn1. The van der Waals surface area contributed by atoms with E-state index in [0.29, 0.717) is 5.92 Å². The van der Waals surface area contributed by atoms with Crippen LogP contribution in [-0.2, 0) is 11.3 Å². The summed E-state index contributed by atoms with van der Waals surface area (Å²) in [5, 5.41) is 4.33. The fraction of sp³-hybridized carbons (Fsp3) is 0.786. The zero-order valence-electron chi connectivity index (χ0n) is 12.0. The Balaban J connectivity index is 2.12. The quantitative estimate of drug-likeness (QED) is 0.610. The molecule has 1 aliphatic carbocycles. The highest BCUT2D eigenvalue weighted by molar-refractivity contribution is 5.13. The predicted molar refractivity (Wildman–Crippen MR) is 75.3 cm³/mol. The van der Waals surface area contributed by atoms with Crippen LogP contribution in [0.1, 0.15) is 50.6 Å². The van der Waals surface area contributed by atoms with Gasteiger partial charge in [0.05, 0.1) is 18.3 Å². The molecule has 0 spiro atoms. The molecule has 1 aromatic rings. The lowest BCUT2D eigenvalue weighted by Crippen LogP contribution is -2.42. The number of nitrogens with one attached hydrogen (secondary N) is 1. The minimum atomic E-state index is 0.0217. The number of rotatable bonds is 6. The van der Waals surface area contributed by atoms with Gasteiger partial charge in [0.1, 0.15) is 0 Å². The Labute approximate surface area is 115 Å². The number of methoxy groups -OCH3 is 1. The van der Waals surface area contributed by atoms with E-state index in [1.807, 2.05) is 10.9 Å². The number of nitrogens with zero attached hydrogens (tertiary/aromatic N) is 2. The van der Waals surface area contributed by atoms with E-state index in [9.17, 15) is 0 Å². The molecular formula is C14H26N4O. The summed E-state index contributed by atoms with van der Waals surface area (Å²) in [5.41, 5.74) is 4.04. The Morgan fingerprint density at radius 2 is 2.21 bits per heavy atom. The van der Waals surface area contributed by atoms with Crippen LogP contribution in [-0.4, -0.2) is 23.0 Å². The van der Waals surface area contributed by atoms with Gasteiger partial charge in [0, 0.05) is 25.4 Å². The normalized spacial score (nSPS) is 20.4. The van der Waals surface area contributed by atoms with Crippen LogP contribution in [0.25, 0.3) is 0 Å². The van der Waals surface area contributed by atoms with Crippen LogP contribution >= 0.6 is 0 Å². The molecule has 2 atom stereocenters. The van der Waals surface area contributed by atoms with Crippen LogP contribution in [0, 0.1) is 5.92 Å². The lowest BCUT2D eigenvalue weighted by molar-refractivity contribution is 0.00748. The molecule has 0 aromatic carbocycles. The molecule has 5 nitrogen and oxygen atoms in total. The first-order valence-corrected chi connectivity index (χ1v) is 7.31. The van der Waals surface area contributed by atoms with Gasteiger partial charge in [-0.25, -0.2) is 0 Å². The smallest absolute Gasteiger partial charge is 0.0808 e. The van der Waals surface area contributed by atoms with Crippen LogP contribution in [0.5, 0.6) is 0 Å². The summed E-state index contributed by atoms with van der Waals surface area (Å²) in [5.74, 6) is 6.36. The van der Waals surface area contributed by atoms with Crippen molar-refractivity contribution in [3.63, 3.8) is 0 Å². The second-order valence-electron chi connectivity index (χ2n) is 5.37. The summed E-state index contributed by atoms with van der Waals surface area (Å²) in [6.07, 6.45) is 10.5. The third kappa shape index (κ3) is 3.35. The van der Waals surface area contributed by atoms with Gasteiger partial charge in [0.2, 0.25) is 0 Å². The largest absolute Gasteiger partial charge is 0.379 e. The van der Waals surface area contributed by atoms with Crippen molar-refractivity contribution in [3.8, 4) is 0 Å². The van der Waals surface area contributed by atoms with Crippen molar-refractivity contribution in [1.29, 1.82) is 0 Å². The van der Waals surface area contributed by atoms with E-state index in [2.05, 4.69) is 23.6 Å². The minimum absolute atomic E-state index is 0.0217. The summed E-state index contributed by atoms with van der Waals surface area (Å²) in [6.45, 7) is 2.95. The summed E-state index contributed by atoms with van der Waals surface area (Å²) in [4.78, 5) is 0. The average Bonchev–Trinajstić information content (AvgIpc) is 2.94. The first-order valence-electron chi connectivity index (χ1n) is 7.31. The maximum absolute atomic E-state index is 5.77. The lowest BCUT2D eigenvalue weighted by atomic mass is 9.81. The van der Waals surface area contributed by atoms with Crippen molar-refractivity contribution >= 4 is 0 Å². The van der Waals surface area contributed by atoms with Gasteiger partial charge in [0.15, 0.2) is 0 Å². The van der Waals surface area contributed by atoms with E-state index in [1.54, 1.807) is 7.11 Å². The predicted octanol–water partition coefficient (Wildman–Crippen LogP) is 2.00. The van der Waals surface area contributed by atoms with Crippen molar-refractivity contribution in [2.24, 2.45) is 11.8 Å². The second-order valence-corrected chi connectivity index (χ2v) is 5.37. The molecule has 1 heterocycles. The number of aromatic nitrogens is 2. The van der Waals surface area contributed by atoms with Crippen LogP contribution in [0.3, 0.4) is 0 Å². The molecule has 2 unspecified atom stereocenters. The minimum Gasteiger partial charge on any atom is -0.379 e. The number of nitrogens with two attached hydrogens (primary N) is 1. The van der Waals surface area contributed by atoms with Gasteiger partial charge in [0.25, 0.3) is 0 Å². The zero-order chi connectivity index (χ0) is 13.7. The molecule has 3 N–H and O–H groups in total. The Kier molecular flexibility index (Phi) is 5.36. The molecule has 0 aliphatic heterocycles. The highest BCUT2D eigenvalue weighted by Crippen LogP contribution is 2.33. The summed E-state index contributed by atoms with van der Waals surface area (Å²) in [7, 11) is 1.79. The number of hydrogen-bond donors (Lipinski definition) is 2. The molecule has 1 saturated carbocycles. The summed E-state index contributed by atoms with van der Waals surface area (Å²) < 4.78 is 7.68. The van der Waals surface area contributed by atoms with Gasteiger partial charge in [-0.3, -0.25) is 16.0 Å². The fourth-order valence-corrected chi connectivity index (χ4v) is 3.16. The second kappa shape index (κ2) is 7.03. The first kappa shape index (κ1) is 14.5. The number of aryl methyl sites for hydroxylation is 1. The van der Waals surface area contributed by atoms with E-state index in [-0.39, 0.29) is 12.1 Å².